The molecule has 4 atom stereocenters. The first-order chi connectivity index (χ1) is 16.6. The Morgan fingerprint density at radius 2 is 1.88 bits per heavy atom. The molecule has 0 amide bonds. The zero-order chi connectivity index (χ0) is 23.3. The van der Waals surface area contributed by atoms with Crippen LogP contribution in [0.2, 0.25) is 5.02 Å². The van der Waals surface area contributed by atoms with Crippen molar-refractivity contribution in [3.8, 4) is 23.3 Å². The quantitative estimate of drug-likeness (QED) is 0.582. The van der Waals surface area contributed by atoms with E-state index in [1.165, 1.54) is 0 Å². The van der Waals surface area contributed by atoms with Crippen LogP contribution in [-0.4, -0.2) is 70.9 Å². The summed E-state index contributed by atoms with van der Waals surface area (Å²) in [7, 11) is 0. The van der Waals surface area contributed by atoms with E-state index >= 15 is 0 Å². The maximum absolute atomic E-state index is 9.91. The fraction of sp³-hybridized carbons (Fsp3) is 0.458. The molecule has 10 heteroatoms. The Bertz CT molecular complexity index is 1250. The van der Waals surface area contributed by atoms with Crippen molar-refractivity contribution in [2.24, 2.45) is 0 Å². The number of nitrogens with zero attached hydrogens (tertiary/aromatic N) is 3. The Balaban J connectivity index is 1.25. The third kappa shape index (κ3) is 3.63. The Morgan fingerprint density at radius 1 is 1.12 bits per heavy atom. The first-order valence-electron chi connectivity index (χ1n) is 11.3. The molecule has 3 aliphatic heterocycles. The van der Waals surface area contributed by atoms with Crippen LogP contribution in [0.5, 0.6) is 6.01 Å². The van der Waals surface area contributed by atoms with E-state index in [4.69, 9.17) is 30.5 Å². The number of pyridine rings is 1. The molecular formula is C24H23ClN4O5. The van der Waals surface area contributed by atoms with Crippen molar-refractivity contribution in [1.82, 2.24) is 15.0 Å². The number of hydrogen-bond acceptors (Lipinski definition) is 8. The molecule has 3 aromatic rings. The van der Waals surface area contributed by atoms with Gasteiger partial charge < -0.3 is 29.0 Å². The second-order valence-corrected chi connectivity index (χ2v) is 9.34. The number of aromatic amines is 1. The number of rotatable bonds is 4. The maximum Gasteiger partial charge on any atom is 0.296 e. The number of benzene rings is 1. The SMILES string of the molecule is N#CC1(c2ccc(-c3nc4nc(O[C@@H]5CO[C@H]6[C@@H]5OC[C@H]6O)[nH]c4cc3Cl)cc2)CCOCC1. The minimum atomic E-state index is -0.641. The van der Waals surface area contributed by atoms with Gasteiger partial charge >= 0.3 is 0 Å². The van der Waals surface area contributed by atoms with Crippen molar-refractivity contribution in [3.63, 3.8) is 0 Å². The molecular weight excluding hydrogens is 460 g/mol. The Hall–Kier alpha value is -2.74. The summed E-state index contributed by atoms with van der Waals surface area (Å²) in [6.45, 7) is 1.72. The van der Waals surface area contributed by atoms with Crippen LogP contribution >= 0.6 is 11.6 Å². The summed E-state index contributed by atoms with van der Waals surface area (Å²) in [4.78, 5) is 12.2. The first-order valence-corrected chi connectivity index (χ1v) is 11.7. The number of aliphatic hydroxyl groups excluding tert-OH is 1. The van der Waals surface area contributed by atoms with Crippen LogP contribution in [0.4, 0.5) is 0 Å². The number of nitrogens with one attached hydrogen (secondary N) is 1. The monoisotopic (exact) mass is 482 g/mol. The van der Waals surface area contributed by atoms with Crippen LogP contribution in [0.1, 0.15) is 18.4 Å². The van der Waals surface area contributed by atoms with E-state index in [9.17, 15) is 10.4 Å². The van der Waals surface area contributed by atoms with Gasteiger partial charge in [0.2, 0.25) is 0 Å². The Kier molecular flexibility index (Phi) is 5.43. The van der Waals surface area contributed by atoms with Gasteiger partial charge in [0.15, 0.2) is 11.8 Å². The highest BCUT2D eigenvalue weighted by Gasteiger charge is 2.48. The van der Waals surface area contributed by atoms with Crippen LogP contribution in [0.25, 0.3) is 22.4 Å². The molecule has 5 heterocycles. The molecule has 3 saturated heterocycles. The van der Waals surface area contributed by atoms with Gasteiger partial charge in [-0.25, -0.2) is 4.98 Å². The number of fused-ring (bicyclic) bond motifs is 2. The minimum absolute atomic E-state index is 0.234. The number of halogens is 1. The number of nitriles is 1. The molecule has 0 spiro atoms. The van der Waals surface area contributed by atoms with E-state index in [2.05, 4.69) is 21.0 Å². The standard InChI is InChI=1S/C24H23ClN4O5/c25-15-9-16-22(29-23(27-16)34-18-11-33-20-17(30)10-32-21(18)20)28-19(15)13-1-3-14(4-2-13)24(12-26)5-7-31-8-6-24/h1-4,9,17-18,20-21,30H,5-8,10-11H2,(H,27,28,29)/t17-,18-,20-,21-/m1/s1. The molecule has 3 aliphatic rings. The van der Waals surface area contributed by atoms with E-state index in [1.807, 2.05) is 24.3 Å². The van der Waals surface area contributed by atoms with Gasteiger partial charge in [0.1, 0.15) is 18.3 Å². The predicted molar refractivity (Wildman–Crippen MR) is 122 cm³/mol. The summed E-state index contributed by atoms with van der Waals surface area (Å²) in [5, 5.41) is 20.2. The highest BCUT2D eigenvalue weighted by atomic mass is 35.5. The summed E-state index contributed by atoms with van der Waals surface area (Å²) < 4.78 is 22.6. The summed E-state index contributed by atoms with van der Waals surface area (Å²) in [5.74, 6) is 0. The molecule has 3 fully saturated rings. The summed E-state index contributed by atoms with van der Waals surface area (Å²) in [6.07, 6.45) is -0.358. The van der Waals surface area contributed by atoms with E-state index in [0.29, 0.717) is 60.6 Å². The molecule has 0 unspecified atom stereocenters. The molecule has 0 aliphatic carbocycles. The van der Waals surface area contributed by atoms with Crippen LogP contribution < -0.4 is 4.74 Å². The highest BCUT2D eigenvalue weighted by Crippen LogP contribution is 2.36. The van der Waals surface area contributed by atoms with Crippen LogP contribution in [0, 0.1) is 11.3 Å². The van der Waals surface area contributed by atoms with Crippen LogP contribution in [0.3, 0.4) is 0 Å². The van der Waals surface area contributed by atoms with E-state index in [0.717, 1.165) is 11.1 Å². The fourth-order valence-corrected chi connectivity index (χ4v) is 5.23. The number of imidazole rings is 1. The lowest BCUT2D eigenvalue weighted by molar-refractivity contribution is 0.00706. The summed E-state index contributed by atoms with van der Waals surface area (Å²) >= 11 is 6.56. The average Bonchev–Trinajstić information content (AvgIpc) is 3.56. The van der Waals surface area contributed by atoms with Gasteiger partial charge in [0.05, 0.1) is 40.9 Å². The first kappa shape index (κ1) is 21.8. The normalized spacial score (nSPS) is 28.0. The molecule has 0 bridgehead atoms. The highest BCUT2D eigenvalue weighted by molar-refractivity contribution is 6.33. The zero-order valence-corrected chi connectivity index (χ0v) is 19.0. The Morgan fingerprint density at radius 3 is 2.65 bits per heavy atom. The molecule has 2 N–H and O–H groups in total. The van der Waals surface area contributed by atoms with Crippen molar-refractivity contribution in [2.45, 2.75) is 42.7 Å². The van der Waals surface area contributed by atoms with Crippen molar-refractivity contribution in [3.05, 3.63) is 40.9 Å². The van der Waals surface area contributed by atoms with E-state index in [-0.39, 0.29) is 24.9 Å². The number of ether oxygens (including phenoxy) is 4. The lowest BCUT2D eigenvalue weighted by Gasteiger charge is -2.31. The largest absolute Gasteiger partial charge is 0.456 e. The second-order valence-electron chi connectivity index (χ2n) is 8.94. The number of aromatic nitrogens is 3. The molecule has 9 nitrogen and oxygen atoms in total. The predicted octanol–water partition coefficient (Wildman–Crippen LogP) is 2.76. The molecule has 6 rings (SSSR count). The van der Waals surface area contributed by atoms with Gasteiger partial charge in [0, 0.05) is 18.8 Å². The summed E-state index contributed by atoms with van der Waals surface area (Å²) in [6, 6.07) is 12.4. The molecule has 34 heavy (non-hydrogen) atoms. The van der Waals surface area contributed by atoms with Gasteiger partial charge in [-0.15, -0.1) is 0 Å². The minimum Gasteiger partial charge on any atom is -0.456 e. The van der Waals surface area contributed by atoms with Crippen LogP contribution in [0.15, 0.2) is 30.3 Å². The zero-order valence-electron chi connectivity index (χ0n) is 18.2. The van der Waals surface area contributed by atoms with E-state index in [1.54, 1.807) is 6.07 Å². The van der Waals surface area contributed by atoms with Gasteiger partial charge in [-0.2, -0.15) is 10.2 Å². The number of hydrogen-bond donors (Lipinski definition) is 2. The van der Waals surface area contributed by atoms with Crippen molar-refractivity contribution in [1.29, 1.82) is 5.26 Å². The number of aliphatic hydroxyl groups is 1. The third-order valence-electron chi connectivity index (χ3n) is 6.92. The van der Waals surface area contributed by atoms with Gasteiger partial charge in [-0.1, -0.05) is 35.9 Å². The maximum atomic E-state index is 9.91. The van der Waals surface area contributed by atoms with Crippen molar-refractivity contribution in [2.75, 3.05) is 26.4 Å². The van der Waals surface area contributed by atoms with Crippen molar-refractivity contribution < 1.29 is 24.1 Å². The summed E-state index contributed by atoms with van der Waals surface area (Å²) in [5.41, 5.74) is 3.01. The molecule has 0 radical (unpaired) electrons. The van der Waals surface area contributed by atoms with Crippen molar-refractivity contribution >= 4 is 22.8 Å². The molecule has 176 valence electrons. The van der Waals surface area contributed by atoms with Gasteiger partial charge in [0.25, 0.3) is 6.01 Å². The van der Waals surface area contributed by atoms with Gasteiger partial charge in [-0.05, 0) is 24.5 Å². The average molecular weight is 483 g/mol. The van der Waals surface area contributed by atoms with Crippen LogP contribution in [-0.2, 0) is 19.6 Å². The lowest BCUT2D eigenvalue weighted by Crippen LogP contribution is -2.34. The Labute approximate surface area is 200 Å². The topological polar surface area (TPSA) is 123 Å². The van der Waals surface area contributed by atoms with Gasteiger partial charge in [-0.3, -0.25) is 0 Å². The molecule has 1 aromatic carbocycles. The lowest BCUT2D eigenvalue weighted by atomic mass is 9.75. The molecule has 0 saturated carbocycles. The molecule has 2 aromatic heterocycles. The second kappa shape index (κ2) is 8.48. The van der Waals surface area contributed by atoms with E-state index < -0.39 is 11.5 Å². The smallest absolute Gasteiger partial charge is 0.296 e. The number of H-pyrrole nitrogens is 1. The third-order valence-corrected chi connectivity index (χ3v) is 7.21. The fourth-order valence-electron chi connectivity index (χ4n) is 4.97.